The Morgan fingerprint density at radius 2 is 2.08 bits per heavy atom. The van der Waals surface area contributed by atoms with Gasteiger partial charge in [-0.05, 0) is 77.5 Å². The standard InChI is InChI=1S/C18H31N5O/c1-14(16-3-4-16)23-17(6-10-20-23)21-18(24)13-22-11-7-15(8-12-22)5-9-19-2/h6,10,14-16,19H,3-5,7-9,11-13H2,1-2H3,(H,21,24). The van der Waals surface area contributed by atoms with Crippen LogP contribution in [0.1, 0.15) is 45.1 Å². The second kappa shape index (κ2) is 8.12. The Bertz CT molecular complexity index is 531. The molecule has 2 N–H and O–H groups in total. The highest BCUT2D eigenvalue weighted by Gasteiger charge is 2.31. The minimum absolute atomic E-state index is 0.0772. The molecule has 2 fully saturated rings. The molecule has 6 heteroatoms. The minimum Gasteiger partial charge on any atom is -0.320 e. The zero-order valence-corrected chi connectivity index (χ0v) is 15.0. The molecule has 1 saturated carbocycles. The lowest BCUT2D eigenvalue weighted by Crippen LogP contribution is -2.39. The fourth-order valence-electron chi connectivity index (χ4n) is 3.68. The monoisotopic (exact) mass is 333 g/mol. The maximum Gasteiger partial charge on any atom is 0.239 e. The molecule has 1 unspecified atom stereocenters. The normalized spacial score (nSPS) is 20.9. The predicted molar refractivity (Wildman–Crippen MR) is 96.0 cm³/mol. The SMILES string of the molecule is CNCCC1CCN(CC(=O)Nc2ccnn2C(C)C2CC2)CC1. The second-order valence-electron chi connectivity index (χ2n) is 7.40. The summed E-state index contributed by atoms with van der Waals surface area (Å²) in [4.78, 5) is 14.7. The second-order valence-corrected chi connectivity index (χ2v) is 7.40. The molecular weight excluding hydrogens is 302 g/mol. The van der Waals surface area contributed by atoms with Gasteiger partial charge in [0.25, 0.3) is 0 Å². The Kier molecular flexibility index (Phi) is 5.89. The third kappa shape index (κ3) is 4.57. The number of hydrogen-bond acceptors (Lipinski definition) is 4. The van der Waals surface area contributed by atoms with Crippen molar-refractivity contribution in [2.45, 2.75) is 45.1 Å². The van der Waals surface area contributed by atoms with E-state index >= 15 is 0 Å². The molecule has 0 aromatic carbocycles. The van der Waals surface area contributed by atoms with Crippen molar-refractivity contribution in [3.05, 3.63) is 12.3 Å². The first-order chi connectivity index (χ1) is 11.7. The van der Waals surface area contributed by atoms with Gasteiger partial charge in [-0.2, -0.15) is 5.10 Å². The summed E-state index contributed by atoms with van der Waals surface area (Å²) in [6, 6.07) is 2.28. The molecule has 1 aromatic heterocycles. The zero-order valence-electron chi connectivity index (χ0n) is 15.0. The summed E-state index contributed by atoms with van der Waals surface area (Å²) in [6.07, 6.45) is 7.97. The molecule has 1 aliphatic heterocycles. The van der Waals surface area contributed by atoms with E-state index in [0.29, 0.717) is 12.6 Å². The van der Waals surface area contributed by atoms with E-state index < -0.39 is 0 Å². The van der Waals surface area contributed by atoms with Gasteiger partial charge in [-0.1, -0.05) is 0 Å². The average Bonchev–Trinajstić information content (AvgIpc) is 3.33. The molecule has 134 valence electrons. The van der Waals surface area contributed by atoms with Gasteiger partial charge in [0, 0.05) is 6.07 Å². The van der Waals surface area contributed by atoms with E-state index in [0.717, 1.165) is 37.3 Å². The van der Waals surface area contributed by atoms with E-state index in [9.17, 15) is 4.79 Å². The van der Waals surface area contributed by atoms with Crippen molar-refractivity contribution in [1.29, 1.82) is 0 Å². The number of likely N-dealkylation sites (tertiary alicyclic amines) is 1. The van der Waals surface area contributed by atoms with Crippen LogP contribution >= 0.6 is 0 Å². The molecule has 0 radical (unpaired) electrons. The van der Waals surface area contributed by atoms with Crippen LogP contribution in [0.3, 0.4) is 0 Å². The number of hydrogen-bond donors (Lipinski definition) is 2. The molecule has 24 heavy (non-hydrogen) atoms. The van der Waals surface area contributed by atoms with Crippen LogP contribution in [0.4, 0.5) is 5.82 Å². The summed E-state index contributed by atoms with van der Waals surface area (Å²) in [5.41, 5.74) is 0. The number of anilines is 1. The van der Waals surface area contributed by atoms with Crippen molar-refractivity contribution < 1.29 is 4.79 Å². The fraction of sp³-hybridized carbons (Fsp3) is 0.778. The average molecular weight is 333 g/mol. The highest BCUT2D eigenvalue weighted by atomic mass is 16.2. The van der Waals surface area contributed by atoms with E-state index in [4.69, 9.17) is 0 Å². The van der Waals surface area contributed by atoms with Crippen LogP contribution in [-0.4, -0.2) is 53.8 Å². The van der Waals surface area contributed by atoms with Gasteiger partial charge in [0.05, 0.1) is 18.8 Å². The quantitative estimate of drug-likeness (QED) is 0.765. The summed E-state index contributed by atoms with van der Waals surface area (Å²) in [5, 5.41) is 10.7. The minimum atomic E-state index is 0.0772. The smallest absolute Gasteiger partial charge is 0.239 e. The summed E-state index contributed by atoms with van der Waals surface area (Å²) in [6.45, 7) is 5.82. The Morgan fingerprint density at radius 3 is 2.75 bits per heavy atom. The third-order valence-corrected chi connectivity index (χ3v) is 5.50. The van der Waals surface area contributed by atoms with E-state index in [-0.39, 0.29) is 5.91 Å². The van der Waals surface area contributed by atoms with Crippen molar-refractivity contribution in [3.63, 3.8) is 0 Å². The van der Waals surface area contributed by atoms with E-state index in [1.165, 1.54) is 32.1 Å². The van der Waals surface area contributed by atoms with Gasteiger partial charge in [-0.25, -0.2) is 4.68 Å². The van der Waals surface area contributed by atoms with Crippen LogP contribution in [0, 0.1) is 11.8 Å². The molecule has 1 atom stereocenters. The van der Waals surface area contributed by atoms with Crippen LogP contribution in [0.5, 0.6) is 0 Å². The molecular formula is C18H31N5O. The highest BCUT2D eigenvalue weighted by Crippen LogP contribution is 2.40. The molecule has 1 saturated heterocycles. The Morgan fingerprint density at radius 1 is 1.33 bits per heavy atom. The first kappa shape index (κ1) is 17.4. The molecule has 0 spiro atoms. The summed E-state index contributed by atoms with van der Waals surface area (Å²) in [7, 11) is 2.01. The van der Waals surface area contributed by atoms with Gasteiger partial charge >= 0.3 is 0 Å². The summed E-state index contributed by atoms with van der Waals surface area (Å²) < 4.78 is 1.97. The maximum atomic E-state index is 12.4. The topological polar surface area (TPSA) is 62.2 Å². The van der Waals surface area contributed by atoms with Gasteiger partial charge in [0.2, 0.25) is 5.91 Å². The number of rotatable bonds is 8. The van der Waals surface area contributed by atoms with Crippen LogP contribution < -0.4 is 10.6 Å². The lowest BCUT2D eigenvalue weighted by molar-refractivity contribution is -0.117. The third-order valence-electron chi connectivity index (χ3n) is 5.50. The Balaban J connectivity index is 1.44. The van der Waals surface area contributed by atoms with Gasteiger partial charge < -0.3 is 10.6 Å². The van der Waals surface area contributed by atoms with Crippen LogP contribution in [0.15, 0.2) is 12.3 Å². The molecule has 2 aliphatic rings. The number of nitrogens with one attached hydrogen (secondary N) is 2. The van der Waals surface area contributed by atoms with Crippen molar-refractivity contribution in [3.8, 4) is 0 Å². The molecule has 1 amide bonds. The van der Waals surface area contributed by atoms with Crippen molar-refractivity contribution in [1.82, 2.24) is 20.0 Å². The number of nitrogens with zero attached hydrogens (tertiary/aromatic N) is 3. The molecule has 1 aromatic rings. The molecule has 6 nitrogen and oxygen atoms in total. The lowest BCUT2D eigenvalue weighted by Gasteiger charge is -2.31. The number of aromatic nitrogens is 2. The summed E-state index contributed by atoms with van der Waals surface area (Å²) >= 11 is 0. The van der Waals surface area contributed by atoms with E-state index in [1.807, 2.05) is 17.8 Å². The number of piperidine rings is 1. The first-order valence-electron chi connectivity index (χ1n) is 9.37. The number of carbonyl (C=O) groups is 1. The molecule has 3 rings (SSSR count). The van der Waals surface area contributed by atoms with Crippen molar-refractivity contribution in [2.24, 2.45) is 11.8 Å². The van der Waals surface area contributed by atoms with Gasteiger partial charge in [0.1, 0.15) is 5.82 Å². The van der Waals surface area contributed by atoms with E-state index in [1.54, 1.807) is 6.20 Å². The number of amides is 1. The van der Waals surface area contributed by atoms with Gasteiger partial charge in [0.15, 0.2) is 0 Å². The predicted octanol–water partition coefficient (Wildman–Crippen LogP) is 2.11. The molecule has 2 heterocycles. The Labute approximate surface area is 145 Å². The maximum absolute atomic E-state index is 12.4. The highest BCUT2D eigenvalue weighted by molar-refractivity contribution is 5.91. The lowest BCUT2D eigenvalue weighted by atomic mass is 9.93. The largest absolute Gasteiger partial charge is 0.320 e. The van der Waals surface area contributed by atoms with Crippen LogP contribution in [0.25, 0.3) is 0 Å². The Hall–Kier alpha value is -1.40. The van der Waals surface area contributed by atoms with Crippen LogP contribution in [0.2, 0.25) is 0 Å². The van der Waals surface area contributed by atoms with Gasteiger partial charge in [-0.15, -0.1) is 0 Å². The molecule has 1 aliphatic carbocycles. The molecule has 0 bridgehead atoms. The zero-order chi connectivity index (χ0) is 16.9. The number of carbonyl (C=O) groups excluding carboxylic acids is 1. The van der Waals surface area contributed by atoms with Crippen molar-refractivity contribution >= 4 is 11.7 Å². The first-order valence-corrected chi connectivity index (χ1v) is 9.37. The van der Waals surface area contributed by atoms with Crippen LogP contribution in [-0.2, 0) is 4.79 Å². The fourth-order valence-corrected chi connectivity index (χ4v) is 3.68. The van der Waals surface area contributed by atoms with E-state index in [2.05, 4.69) is 27.6 Å². The summed E-state index contributed by atoms with van der Waals surface area (Å²) in [5.74, 6) is 2.44. The van der Waals surface area contributed by atoms with Crippen molar-refractivity contribution in [2.75, 3.05) is 38.5 Å². The van der Waals surface area contributed by atoms with Gasteiger partial charge in [-0.3, -0.25) is 9.69 Å².